The summed E-state index contributed by atoms with van der Waals surface area (Å²) in [6.07, 6.45) is 7.12. The largest absolute Gasteiger partial charge is 0.356 e. The van der Waals surface area contributed by atoms with Gasteiger partial charge in [0, 0.05) is 16.7 Å². The van der Waals surface area contributed by atoms with Crippen LogP contribution in [-0.2, 0) is 0 Å². The van der Waals surface area contributed by atoms with E-state index in [2.05, 4.69) is 48.2 Å². The van der Waals surface area contributed by atoms with Crippen LogP contribution in [-0.4, -0.2) is 4.98 Å². The molecule has 118 valence electrons. The predicted molar refractivity (Wildman–Crippen MR) is 102 cm³/mol. The Morgan fingerprint density at radius 1 is 0.913 bits per heavy atom. The zero-order valence-electron chi connectivity index (χ0n) is 13.9. The molecule has 0 aliphatic heterocycles. The maximum absolute atomic E-state index is 5.10. The predicted octanol–water partition coefficient (Wildman–Crippen LogP) is 6.17. The Balaban J connectivity index is 0.000000228. The summed E-state index contributed by atoms with van der Waals surface area (Å²) in [6.45, 7) is 6.09. The number of nitrogens with one attached hydrogen (secondary N) is 1. The first kappa shape index (κ1) is 18.7. The molecule has 23 heavy (non-hydrogen) atoms. The molecule has 0 bridgehead atoms. The van der Waals surface area contributed by atoms with Crippen molar-refractivity contribution in [3.8, 4) is 12.3 Å². The average molecular weight is 321 g/mol. The number of terminal acetylenes is 1. The molecular weight excluding hydrogens is 298 g/mol. The summed E-state index contributed by atoms with van der Waals surface area (Å²) in [5.41, 5.74) is 2.21. The highest BCUT2D eigenvalue weighted by molar-refractivity contribution is 7.99. The molecule has 0 unspecified atom stereocenters. The Bertz CT molecular complexity index is 693. The lowest BCUT2D eigenvalue weighted by molar-refractivity contribution is 1.20. The van der Waals surface area contributed by atoms with Gasteiger partial charge < -0.3 is 4.98 Å². The minimum absolute atomic E-state index is 0.938. The van der Waals surface area contributed by atoms with E-state index >= 15 is 0 Å². The molecule has 0 saturated heterocycles. The van der Waals surface area contributed by atoms with E-state index in [1.807, 2.05) is 56.4 Å². The van der Waals surface area contributed by atoms with Crippen molar-refractivity contribution in [1.82, 2.24) is 4.98 Å². The van der Waals surface area contributed by atoms with Crippen molar-refractivity contribution < 1.29 is 0 Å². The van der Waals surface area contributed by atoms with Crippen LogP contribution < -0.4 is 0 Å². The number of aromatic amines is 1. The highest BCUT2D eigenvalue weighted by Crippen LogP contribution is 2.26. The molecule has 1 nitrogen and oxygen atoms in total. The fraction of sp³-hybridized carbons (Fsp3) is 0.143. The molecule has 0 aliphatic carbocycles. The van der Waals surface area contributed by atoms with E-state index in [1.54, 1.807) is 11.8 Å². The maximum Gasteiger partial charge on any atom is 0.0772 e. The zero-order chi connectivity index (χ0) is 16.9. The number of hydrogen-bond donors (Lipinski definition) is 1. The molecule has 0 spiro atoms. The van der Waals surface area contributed by atoms with E-state index < -0.39 is 0 Å². The van der Waals surface area contributed by atoms with Crippen molar-refractivity contribution in [3.05, 3.63) is 84.1 Å². The molecule has 2 aromatic carbocycles. The van der Waals surface area contributed by atoms with Crippen LogP contribution in [0.4, 0.5) is 0 Å². The molecule has 3 rings (SSSR count). The van der Waals surface area contributed by atoms with Crippen LogP contribution in [0, 0.1) is 19.3 Å². The summed E-state index contributed by atoms with van der Waals surface area (Å²) in [7, 11) is 0. The van der Waals surface area contributed by atoms with Gasteiger partial charge in [0.05, 0.1) is 5.03 Å². The van der Waals surface area contributed by atoms with Crippen LogP contribution in [0.3, 0.4) is 0 Å². The molecule has 0 aliphatic rings. The normalized spacial score (nSPS) is 8.78. The van der Waals surface area contributed by atoms with Crippen LogP contribution >= 0.6 is 11.8 Å². The van der Waals surface area contributed by atoms with Crippen LogP contribution in [0.1, 0.15) is 25.0 Å². The molecular formula is C21H23NS. The molecule has 0 atom stereocenters. The molecule has 1 heterocycles. The number of hydrogen-bond acceptors (Lipinski definition) is 1. The first-order valence-corrected chi connectivity index (χ1v) is 8.49. The highest BCUT2D eigenvalue weighted by Gasteiger charge is 1.97. The van der Waals surface area contributed by atoms with Gasteiger partial charge in [-0.1, -0.05) is 67.9 Å². The van der Waals surface area contributed by atoms with Crippen LogP contribution in [0.15, 0.2) is 82.8 Å². The number of aryl methyl sites for hydroxylation is 1. The molecule has 2 heteroatoms. The topological polar surface area (TPSA) is 15.8 Å². The highest BCUT2D eigenvalue weighted by atomic mass is 32.2. The van der Waals surface area contributed by atoms with E-state index in [9.17, 15) is 0 Å². The van der Waals surface area contributed by atoms with Gasteiger partial charge in [-0.3, -0.25) is 0 Å². The summed E-state index contributed by atoms with van der Waals surface area (Å²) < 4.78 is 0. The van der Waals surface area contributed by atoms with Crippen molar-refractivity contribution in [3.63, 3.8) is 0 Å². The Morgan fingerprint density at radius 3 is 1.91 bits per heavy atom. The first-order valence-electron chi connectivity index (χ1n) is 7.67. The summed E-state index contributed by atoms with van der Waals surface area (Å²) in [5.74, 6) is 2.53. The third kappa shape index (κ3) is 7.44. The number of benzene rings is 2. The average Bonchev–Trinajstić information content (AvgIpc) is 3.04. The third-order valence-corrected chi connectivity index (χ3v) is 3.68. The van der Waals surface area contributed by atoms with Gasteiger partial charge in [-0.15, -0.1) is 6.42 Å². The molecule has 1 aromatic heterocycles. The van der Waals surface area contributed by atoms with E-state index in [0.29, 0.717) is 0 Å². The van der Waals surface area contributed by atoms with Gasteiger partial charge in [0.15, 0.2) is 0 Å². The molecule has 0 radical (unpaired) electrons. The smallest absolute Gasteiger partial charge is 0.0772 e. The lowest BCUT2D eigenvalue weighted by Crippen LogP contribution is -1.70. The van der Waals surface area contributed by atoms with Crippen LogP contribution in [0.5, 0.6) is 0 Å². The fourth-order valence-corrected chi connectivity index (χ4v) is 2.59. The van der Waals surface area contributed by atoms with Crippen molar-refractivity contribution in [2.45, 2.75) is 30.7 Å². The van der Waals surface area contributed by atoms with Gasteiger partial charge in [0.2, 0.25) is 0 Å². The van der Waals surface area contributed by atoms with Gasteiger partial charge in [-0.2, -0.15) is 0 Å². The fourth-order valence-electron chi connectivity index (χ4n) is 1.68. The Morgan fingerprint density at radius 2 is 1.48 bits per heavy atom. The lowest BCUT2D eigenvalue weighted by atomic mass is 10.2. The Hall–Kier alpha value is -2.37. The third-order valence-electron chi connectivity index (χ3n) is 2.71. The number of H-pyrrole nitrogens is 1. The summed E-state index contributed by atoms with van der Waals surface area (Å²) in [5, 5.41) is 1.20. The minimum atomic E-state index is 0.938. The lowest BCUT2D eigenvalue weighted by Gasteiger charge is -1.96. The van der Waals surface area contributed by atoms with Gasteiger partial charge in [0.25, 0.3) is 0 Å². The van der Waals surface area contributed by atoms with Crippen molar-refractivity contribution >= 4 is 11.8 Å². The summed E-state index contributed by atoms with van der Waals surface area (Å²) in [4.78, 5) is 4.48. The van der Waals surface area contributed by atoms with Gasteiger partial charge in [0.1, 0.15) is 0 Å². The SMILES string of the molecule is C#Cc1ccccc1.CC.Cc1c[nH]c(Sc2ccccc2)c1. The second-order valence-electron chi connectivity index (χ2n) is 4.47. The van der Waals surface area contributed by atoms with Crippen LogP contribution in [0.25, 0.3) is 0 Å². The van der Waals surface area contributed by atoms with Crippen molar-refractivity contribution in [2.24, 2.45) is 0 Å². The maximum atomic E-state index is 5.10. The van der Waals surface area contributed by atoms with Gasteiger partial charge in [-0.25, -0.2) is 0 Å². The summed E-state index contributed by atoms with van der Waals surface area (Å²) >= 11 is 1.75. The summed E-state index contributed by atoms with van der Waals surface area (Å²) in [6, 6.07) is 22.1. The van der Waals surface area contributed by atoms with Crippen molar-refractivity contribution in [2.75, 3.05) is 0 Å². The van der Waals surface area contributed by atoms with E-state index in [-0.39, 0.29) is 0 Å². The van der Waals surface area contributed by atoms with E-state index in [4.69, 9.17) is 6.42 Å². The van der Waals surface area contributed by atoms with E-state index in [0.717, 1.165) is 5.56 Å². The molecule has 1 N–H and O–H groups in total. The molecule has 0 fully saturated rings. The second-order valence-corrected chi connectivity index (χ2v) is 5.58. The second kappa shape index (κ2) is 11.2. The zero-order valence-corrected chi connectivity index (χ0v) is 14.7. The van der Waals surface area contributed by atoms with Gasteiger partial charge in [-0.05, 0) is 42.8 Å². The van der Waals surface area contributed by atoms with E-state index in [1.165, 1.54) is 15.5 Å². The monoisotopic (exact) mass is 321 g/mol. The molecule has 0 saturated carbocycles. The standard InChI is InChI=1S/C11H11NS.C8H6.C2H6/c1-9-7-11(12-8-9)13-10-5-3-2-4-6-10;1-2-8-6-4-3-5-7-8;1-2/h2-8,12H,1H3;1,3-7H;1-2H3. The van der Waals surface area contributed by atoms with Crippen molar-refractivity contribution in [1.29, 1.82) is 0 Å². The molecule has 3 aromatic rings. The van der Waals surface area contributed by atoms with Crippen LogP contribution in [0.2, 0.25) is 0 Å². The number of aromatic nitrogens is 1. The quantitative estimate of drug-likeness (QED) is 0.558. The Kier molecular flexibility index (Phi) is 9.12. The van der Waals surface area contributed by atoms with Gasteiger partial charge >= 0.3 is 0 Å². The first-order chi connectivity index (χ1) is 11.3. The minimum Gasteiger partial charge on any atom is -0.356 e. The molecule has 0 amide bonds. The number of rotatable bonds is 2. The Labute approximate surface area is 144 Å².